The Kier molecular flexibility index (Phi) is 3.22. The third-order valence-electron chi connectivity index (χ3n) is 4.42. The van der Waals surface area contributed by atoms with Gasteiger partial charge in [0.1, 0.15) is 5.69 Å². The maximum absolute atomic E-state index is 12.1. The number of ether oxygens (including phenoxy) is 1. The summed E-state index contributed by atoms with van der Waals surface area (Å²) in [4.78, 5) is 16.6. The number of benzene rings is 1. The highest BCUT2D eigenvalue weighted by atomic mass is 16.5. The second-order valence-electron chi connectivity index (χ2n) is 6.00. The zero-order chi connectivity index (χ0) is 16.0. The fourth-order valence-electron chi connectivity index (χ4n) is 3.03. The maximum Gasteiger partial charge on any atom is 0.354 e. The molecule has 23 heavy (non-hydrogen) atoms. The first-order valence-electron chi connectivity index (χ1n) is 7.99. The van der Waals surface area contributed by atoms with Crippen molar-refractivity contribution in [2.24, 2.45) is 7.05 Å². The molecule has 2 aromatic heterocycles. The summed E-state index contributed by atoms with van der Waals surface area (Å²) < 4.78 is 9.08. The first-order chi connectivity index (χ1) is 11.2. The first-order valence-corrected chi connectivity index (χ1v) is 7.99. The Morgan fingerprint density at radius 3 is 2.96 bits per heavy atom. The molecule has 1 aliphatic carbocycles. The minimum Gasteiger partial charge on any atom is -0.461 e. The van der Waals surface area contributed by atoms with Crippen LogP contribution in [0, 0.1) is 0 Å². The predicted octanol–water partition coefficient (Wildman–Crippen LogP) is 3.42. The summed E-state index contributed by atoms with van der Waals surface area (Å²) in [7, 11) is 1.89. The van der Waals surface area contributed by atoms with Crippen LogP contribution in [0.5, 0.6) is 0 Å². The number of nitrogens with zero attached hydrogens (tertiary/aromatic N) is 3. The van der Waals surface area contributed by atoms with Crippen LogP contribution in [-0.4, -0.2) is 26.7 Å². The Bertz CT molecular complexity index is 887. The SMILES string of the molecule is CCOC(=O)c1cc2c(-n3cnc(C4CC4)c3)cccc2n1C. The van der Waals surface area contributed by atoms with E-state index in [0.717, 1.165) is 22.3 Å². The van der Waals surface area contributed by atoms with E-state index in [2.05, 4.69) is 17.2 Å². The van der Waals surface area contributed by atoms with Gasteiger partial charge in [0.15, 0.2) is 0 Å². The number of esters is 1. The summed E-state index contributed by atoms with van der Waals surface area (Å²) in [6.07, 6.45) is 6.43. The first kappa shape index (κ1) is 14.1. The number of hydrogen-bond donors (Lipinski definition) is 0. The van der Waals surface area contributed by atoms with Gasteiger partial charge in [0, 0.05) is 24.5 Å². The summed E-state index contributed by atoms with van der Waals surface area (Å²) in [5.74, 6) is 0.336. The van der Waals surface area contributed by atoms with Crippen LogP contribution in [0.15, 0.2) is 36.8 Å². The molecule has 2 heterocycles. The average molecular weight is 309 g/mol. The molecule has 0 saturated heterocycles. The van der Waals surface area contributed by atoms with Crippen LogP contribution in [0.25, 0.3) is 16.6 Å². The summed E-state index contributed by atoms with van der Waals surface area (Å²) in [5.41, 5.74) is 3.76. The highest BCUT2D eigenvalue weighted by Crippen LogP contribution is 2.39. The lowest BCUT2D eigenvalue weighted by Crippen LogP contribution is -2.09. The molecular formula is C18H19N3O2. The lowest BCUT2D eigenvalue weighted by atomic mass is 10.2. The number of aryl methyl sites for hydroxylation is 1. The van der Waals surface area contributed by atoms with Crippen molar-refractivity contribution in [2.75, 3.05) is 6.61 Å². The molecule has 1 aliphatic rings. The monoisotopic (exact) mass is 309 g/mol. The van der Waals surface area contributed by atoms with Gasteiger partial charge in [-0.25, -0.2) is 9.78 Å². The van der Waals surface area contributed by atoms with Gasteiger partial charge in [0.2, 0.25) is 0 Å². The number of carbonyl (C=O) groups excluding carboxylic acids is 1. The lowest BCUT2D eigenvalue weighted by molar-refractivity contribution is 0.0516. The molecule has 5 heteroatoms. The normalized spacial score (nSPS) is 14.3. The van der Waals surface area contributed by atoms with E-state index in [-0.39, 0.29) is 5.97 Å². The van der Waals surface area contributed by atoms with Gasteiger partial charge in [0.25, 0.3) is 0 Å². The van der Waals surface area contributed by atoms with Crippen molar-refractivity contribution in [2.45, 2.75) is 25.7 Å². The Balaban J connectivity index is 1.83. The van der Waals surface area contributed by atoms with Crippen molar-refractivity contribution in [3.8, 4) is 5.69 Å². The van der Waals surface area contributed by atoms with Crippen LogP contribution in [0.4, 0.5) is 0 Å². The number of imidazole rings is 1. The van der Waals surface area contributed by atoms with E-state index in [1.807, 2.05) is 47.6 Å². The zero-order valence-electron chi connectivity index (χ0n) is 13.3. The van der Waals surface area contributed by atoms with Gasteiger partial charge in [-0.2, -0.15) is 0 Å². The smallest absolute Gasteiger partial charge is 0.354 e. The fraction of sp³-hybridized carbons (Fsp3) is 0.333. The Hall–Kier alpha value is -2.56. The van der Waals surface area contributed by atoms with E-state index in [1.165, 1.54) is 12.8 Å². The van der Waals surface area contributed by atoms with Gasteiger partial charge in [-0.3, -0.25) is 0 Å². The van der Waals surface area contributed by atoms with Crippen molar-refractivity contribution < 1.29 is 9.53 Å². The van der Waals surface area contributed by atoms with Crippen molar-refractivity contribution in [3.63, 3.8) is 0 Å². The summed E-state index contributed by atoms with van der Waals surface area (Å²) in [6, 6.07) is 7.97. The van der Waals surface area contributed by atoms with Crippen LogP contribution >= 0.6 is 0 Å². The molecule has 0 unspecified atom stereocenters. The van der Waals surface area contributed by atoms with Crippen molar-refractivity contribution in [1.29, 1.82) is 0 Å². The second-order valence-corrected chi connectivity index (χ2v) is 6.00. The van der Waals surface area contributed by atoms with Crippen LogP contribution in [0.2, 0.25) is 0 Å². The van der Waals surface area contributed by atoms with Crippen molar-refractivity contribution in [3.05, 3.63) is 48.2 Å². The summed E-state index contributed by atoms with van der Waals surface area (Å²) in [6.45, 7) is 2.19. The van der Waals surface area contributed by atoms with E-state index in [9.17, 15) is 4.79 Å². The van der Waals surface area contributed by atoms with E-state index < -0.39 is 0 Å². The number of aromatic nitrogens is 3. The largest absolute Gasteiger partial charge is 0.461 e. The zero-order valence-corrected chi connectivity index (χ0v) is 13.3. The van der Waals surface area contributed by atoms with Crippen LogP contribution in [0.3, 0.4) is 0 Å². The van der Waals surface area contributed by atoms with Gasteiger partial charge in [-0.05, 0) is 38.0 Å². The topological polar surface area (TPSA) is 49.1 Å². The summed E-state index contributed by atoms with van der Waals surface area (Å²) in [5, 5.41) is 1.03. The van der Waals surface area contributed by atoms with Crippen molar-refractivity contribution in [1.82, 2.24) is 14.1 Å². The molecule has 3 aromatic rings. The molecular weight excluding hydrogens is 290 g/mol. The van der Waals surface area contributed by atoms with Crippen LogP contribution < -0.4 is 0 Å². The Labute approximate surface area is 134 Å². The molecule has 118 valence electrons. The maximum atomic E-state index is 12.1. The van der Waals surface area contributed by atoms with Crippen LogP contribution in [-0.2, 0) is 11.8 Å². The number of hydrogen-bond acceptors (Lipinski definition) is 3. The molecule has 0 spiro atoms. The molecule has 1 aromatic carbocycles. The van der Waals surface area contributed by atoms with Crippen LogP contribution in [0.1, 0.15) is 41.9 Å². The Morgan fingerprint density at radius 2 is 2.22 bits per heavy atom. The molecule has 0 amide bonds. The lowest BCUT2D eigenvalue weighted by Gasteiger charge is -2.05. The fourth-order valence-corrected chi connectivity index (χ4v) is 3.03. The molecule has 0 N–H and O–H groups in total. The van der Waals surface area contributed by atoms with Gasteiger partial charge in [-0.1, -0.05) is 6.07 Å². The second kappa shape index (κ2) is 5.26. The molecule has 1 saturated carbocycles. The number of carbonyl (C=O) groups is 1. The molecule has 0 atom stereocenters. The van der Waals surface area contributed by atoms with Gasteiger partial charge >= 0.3 is 5.97 Å². The molecule has 1 fully saturated rings. The van der Waals surface area contributed by atoms with Gasteiger partial charge in [0.05, 0.1) is 29.8 Å². The number of fused-ring (bicyclic) bond motifs is 1. The van der Waals surface area contributed by atoms with E-state index >= 15 is 0 Å². The minimum atomic E-state index is -0.290. The van der Waals surface area contributed by atoms with E-state index in [4.69, 9.17) is 4.74 Å². The standard InChI is InChI=1S/C18H19N3O2/c1-3-23-18(22)17-9-13-15(20(17)2)5-4-6-16(13)21-10-14(19-11-21)12-7-8-12/h4-6,9-12H,3,7-8H2,1-2H3. The molecule has 0 aliphatic heterocycles. The minimum absolute atomic E-state index is 0.290. The third-order valence-corrected chi connectivity index (χ3v) is 4.42. The Morgan fingerprint density at radius 1 is 1.39 bits per heavy atom. The van der Waals surface area contributed by atoms with Gasteiger partial charge in [-0.15, -0.1) is 0 Å². The average Bonchev–Trinajstić information content (AvgIpc) is 3.19. The van der Waals surface area contributed by atoms with Gasteiger partial charge < -0.3 is 13.9 Å². The molecule has 4 rings (SSSR count). The number of rotatable bonds is 4. The molecule has 0 bridgehead atoms. The van der Waals surface area contributed by atoms with E-state index in [1.54, 1.807) is 0 Å². The van der Waals surface area contributed by atoms with E-state index in [0.29, 0.717) is 18.2 Å². The molecule has 0 radical (unpaired) electrons. The third kappa shape index (κ3) is 2.32. The molecule has 5 nitrogen and oxygen atoms in total. The predicted molar refractivity (Wildman–Crippen MR) is 88.0 cm³/mol. The quantitative estimate of drug-likeness (QED) is 0.694. The summed E-state index contributed by atoms with van der Waals surface area (Å²) >= 11 is 0. The highest BCUT2D eigenvalue weighted by Gasteiger charge is 2.26. The highest BCUT2D eigenvalue weighted by molar-refractivity contribution is 5.98. The van der Waals surface area contributed by atoms with Crippen molar-refractivity contribution >= 4 is 16.9 Å².